The lowest BCUT2D eigenvalue weighted by atomic mass is 10.2. The number of rotatable bonds is 4. The third kappa shape index (κ3) is 2.66. The minimum absolute atomic E-state index is 0.247. The van der Waals surface area contributed by atoms with Crippen LogP contribution in [0.2, 0.25) is 0 Å². The first kappa shape index (κ1) is 14.1. The van der Waals surface area contributed by atoms with E-state index in [9.17, 15) is 0 Å². The molecule has 1 aliphatic rings. The van der Waals surface area contributed by atoms with Crippen molar-refractivity contribution in [3.8, 4) is 22.9 Å². The Labute approximate surface area is 130 Å². The second-order valence-corrected chi connectivity index (χ2v) is 5.20. The Balaban J connectivity index is 2.07. The molecule has 0 saturated heterocycles. The van der Waals surface area contributed by atoms with Gasteiger partial charge in [0.15, 0.2) is 17.3 Å². The predicted octanol–water partition coefficient (Wildman–Crippen LogP) is 2.82. The van der Waals surface area contributed by atoms with Crippen molar-refractivity contribution in [2.75, 3.05) is 26.3 Å². The molecule has 21 heavy (non-hydrogen) atoms. The second-order valence-electron chi connectivity index (χ2n) is 4.41. The number of anilines is 1. The molecule has 0 unspecified atom stereocenters. The van der Waals surface area contributed by atoms with Gasteiger partial charge in [0.1, 0.15) is 5.82 Å². The molecule has 1 N–H and O–H groups in total. The fraction of sp³-hybridized carbons (Fsp3) is 0.286. The van der Waals surface area contributed by atoms with E-state index >= 15 is 0 Å². The van der Waals surface area contributed by atoms with Crippen LogP contribution in [0, 0.1) is 0 Å². The SMILES string of the molecule is CNc1nc(-c2ccc3c(c2)OCO3)nc(COC)c1Br. The highest BCUT2D eigenvalue weighted by Gasteiger charge is 2.17. The number of nitrogens with one attached hydrogen (secondary N) is 1. The van der Waals surface area contributed by atoms with E-state index in [0.717, 1.165) is 21.5 Å². The van der Waals surface area contributed by atoms with E-state index in [1.54, 1.807) is 7.11 Å². The molecule has 1 aromatic carbocycles. The van der Waals surface area contributed by atoms with Gasteiger partial charge in [-0.3, -0.25) is 0 Å². The van der Waals surface area contributed by atoms with Crippen molar-refractivity contribution in [2.45, 2.75) is 6.61 Å². The van der Waals surface area contributed by atoms with Crippen LogP contribution < -0.4 is 14.8 Å². The lowest BCUT2D eigenvalue weighted by Gasteiger charge is -2.11. The molecule has 1 aromatic heterocycles. The van der Waals surface area contributed by atoms with Gasteiger partial charge in [-0.15, -0.1) is 0 Å². The minimum Gasteiger partial charge on any atom is -0.454 e. The summed E-state index contributed by atoms with van der Waals surface area (Å²) in [6.07, 6.45) is 0. The largest absolute Gasteiger partial charge is 0.454 e. The Morgan fingerprint density at radius 3 is 2.86 bits per heavy atom. The predicted molar refractivity (Wildman–Crippen MR) is 81.6 cm³/mol. The molecule has 0 aliphatic carbocycles. The molecule has 2 aromatic rings. The lowest BCUT2D eigenvalue weighted by Crippen LogP contribution is -2.04. The first-order chi connectivity index (χ1) is 10.2. The molecule has 7 heteroatoms. The van der Waals surface area contributed by atoms with Crippen LogP contribution in [0.15, 0.2) is 22.7 Å². The van der Waals surface area contributed by atoms with Crippen LogP contribution in [0.3, 0.4) is 0 Å². The number of benzene rings is 1. The van der Waals surface area contributed by atoms with Gasteiger partial charge in [-0.05, 0) is 34.1 Å². The van der Waals surface area contributed by atoms with E-state index < -0.39 is 0 Å². The number of methoxy groups -OCH3 is 1. The van der Waals surface area contributed by atoms with E-state index in [2.05, 4.69) is 31.2 Å². The standard InChI is InChI=1S/C14H14BrN3O3/c1-16-14-12(15)9(6-19-2)17-13(18-14)8-3-4-10-11(5-8)21-7-20-10/h3-5H,6-7H2,1-2H3,(H,16,17,18). The lowest BCUT2D eigenvalue weighted by molar-refractivity contribution is 0.174. The fourth-order valence-electron chi connectivity index (χ4n) is 2.06. The molecule has 0 bridgehead atoms. The van der Waals surface area contributed by atoms with E-state index in [1.165, 1.54) is 0 Å². The summed E-state index contributed by atoms with van der Waals surface area (Å²) < 4.78 is 16.7. The molecule has 0 atom stereocenters. The zero-order valence-electron chi connectivity index (χ0n) is 11.6. The highest BCUT2D eigenvalue weighted by Crippen LogP contribution is 2.36. The van der Waals surface area contributed by atoms with Gasteiger partial charge < -0.3 is 19.5 Å². The van der Waals surface area contributed by atoms with Gasteiger partial charge in [-0.2, -0.15) is 0 Å². The molecule has 1 aliphatic heterocycles. The van der Waals surface area contributed by atoms with Crippen LogP contribution in [0.5, 0.6) is 11.5 Å². The van der Waals surface area contributed by atoms with E-state index in [-0.39, 0.29) is 6.79 Å². The van der Waals surface area contributed by atoms with E-state index in [0.29, 0.717) is 24.0 Å². The van der Waals surface area contributed by atoms with Gasteiger partial charge in [-0.1, -0.05) is 0 Å². The molecule has 0 spiro atoms. The summed E-state index contributed by atoms with van der Waals surface area (Å²) >= 11 is 3.49. The number of hydrogen-bond donors (Lipinski definition) is 1. The van der Waals surface area contributed by atoms with Crippen molar-refractivity contribution in [1.82, 2.24) is 9.97 Å². The number of nitrogens with zero attached hydrogens (tertiary/aromatic N) is 2. The van der Waals surface area contributed by atoms with Crippen molar-refractivity contribution in [3.63, 3.8) is 0 Å². The van der Waals surface area contributed by atoms with Crippen molar-refractivity contribution in [3.05, 3.63) is 28.4 Å². The summed E-state index contributed by atoms with van der Waals surface area (Å²) in [5.74, 6) is 2.76. The Morgan fingerprint density at radius 2 is 2.10 bits per heavy atom. The van der Waals surface area contributed by atoms with E-state index in [1.807, 2.05) is 25.2 Å². The highest BCUT2D eigenvalue weighted by molar-refractivity contribution is 9.10. The number of aromatic nitrogens is 2. The third-order valence-electron chi connectivity index (χ3n) is 3.07. The van der Waals surface area contributed by atoms with Crippen molar-refractivity contribution in [2.24, 2.45) is 0 Å². The minimum atomic E-state index is 0.247. The molecule has 3 rings (SSSR count). The summed E-state index contributed by atoms with van der Waals surface area (Å²) in [6.45, 7) is 0.645. The van der Waals surface area contributed by atoms with Gasteiger partial charge in [0, 0.05) is 19.7 Å². The summed E-state index contributed by atoms with van der Waals surface area (Å²) in [5, 5.41) is 3.05. The topological polar surface area (TPSA) is 65.5 Å². The summed E-state index contributed by atoms with van der Waals surface area (Å²) in [5.41, 5.74) is 1.64. The summed E-state index contributed by atoms with van der Waals surface area (Å²) in [4.78, 5) is 9.06. The van der Waals surface area contributed by atoms with Crippen LogP contribution in [-0.4, -0.2) is 30.9 Å². The van der Waals surface area contributed by atoms with Crippen LogP contribution in [-0.2, 0) is 11.3 Å². The first-order valence-corrected chi connectivity index (χ1v) is 7.15. The number of ether oxygens (including phenoxy) is 3. The summed E-state index contributed by atoms with van der Waals surface area (Å²) in [7, 11) is 3.45. The number of halogens is 1. The number of fused-ring (bicyclic) bond motifs is 1. The molecule has 2 heterocycles. The molecule has 0 radical (unpaired) electrons. The highest BCUT2D eigenvalue weighted by atomic mass is 79.9. The van der Waals surface area contributed by atoms with Crippen LogP contribution in [0.4, 0.5) is 5.82 Å². The van der Waals surface area contributed by atoms with Crippen LogP contribution in [0.1, 0.15) is 5.69 Å². The smallest absolute Gasteiger partial charge is 0.231 e. The third-order valence-corrected chi connectivity index (χ3v) is 3.90. The maximum atomic E-state index is 5.39. The van der Waals surface area contributed by atoms with Crippen molar-refractivity contribution >= 4 is 21.7 Å². The van der Waals surface area contributed by atoms with Crippen molar-refractivity contribution in [1.29, 1.82) is 0 Å². The van der Waals surface area contributed by atoms with Crippen molar-refractivity contribution < 1.29 is 14.2 Å². The average molecular weight is 352 g/mol. The van der Waals surface area contributed by atoms with Gasteiger partial charge in [0.05, 0.1) is 16.8 Å². The molecule has 6 nitrogen and oxygen atoms in total. The van der Waals surface area contributed by atoms with E-state index in [4.69, 9.17) is 14.2 Å². The maximum Gasteiger partial charge on any atom is 0.231 e. The Hall–Kier alpha value is -1.86. The average Bonchev–Trinajstić information content (AvgIpc) is 2.97. The zero-order chi connectivity index (χ0) is 14.8. The molecular formula is C14H14BrN3O3. The summed E-state index contributed by atoms with van der Waals surface area (Å²) in [6, 6.07) is 5.65. The molecular weight excluding hydrogens is 338 g/mol. The maximum absolute atomic E-state index is 5.39. The van der Waals surface area contributed by atoms with Gasteiger partial charge in [-0.25, -0.2) is 9.97 Å². The second kappa shape index (κ2) is 5.87. The number of hydrogen-bond acceptors (Lipinski definition) is 6. The Bertz CT molecular complexity index is 679. The molecule has 110 valence electrons. The molecule has 0 fully saturated rings. The van der Waals surface area contributed by atoms with Gasteiger partial charge in [0.2, 0.25) is 6.79 Å². The van der Waals surface area contributed by atoms with Gasteiger partial charge in [0.25, 0.3) is 0 Å². The Kier molecular flexibility index (Phi) is 3.94. The zero-order valence-corrected chi connectivity index (χ0v) is 13.2. The normalized spacial score (nSPS) is 12.5. The molecule has 0 amide bonds. The van der Waals surface area contributed by atoms with Crippen LogP contribution in [0.25, 0.3) is 11.4 Å². The first-order valence-electron chi connectivity index (χ1n) is 6.36. The molecule has 0 saturated carbocycles. The quantitative estimate of drug-likeness (QED) is 0.913. The monoisotopic (exact) mass is 351 g/mol. The van der Waals surface area contributed by atoms with Gasteiger partial charge >= 0.3 is 0 Å². The fourth-order valence-corrected chi connectivity index (χ4v) is 2.55. The Morgan fingerprint density at radius 1 is 1.29 bits per heavy atom. The van der Waals surface area contributed by atoms with Crippen LogP contribution >= 0.6 is 15.9 Å².